The van der Waals surface area contributed by atoms with Crippen LogP contribution in [0.15, 0.2) is 57.8 Å². The maximum absolute atomic E-state index is 12.7. The van der Waals surface area contributed by atoms with Crippen molar-refractivity contribution in [2.24, 2.45) is 0 Å². The SMILES string of the molecule is O=C(NCC1COc2ccccc2O1)C1=CC2(CCN(S(=O)(=O)c3cccs3)CC2)ON1. The molecule has 1 unspecified atom stereocenters. The lowest BCUT2D eigenvalue weighted by molar-refractivity contribution is -0.120. The van der Waals surface area contributed by atoms with Crippen molar-refractivity contribution in [3.63, 3.8) is 0 Å². The highest BCUT2D eigenvalue weighted by molar-refractivity contribution is 7.91. The fourth-order valence-corrected chi connectivity index (χ4v) is 6.53. The Morgan fingerprint density at radius 1 is 1.19 bits per heavy atom. The van der Waals surface area contributed by atoms with Crippen LogP contribution < -0.4 is 20.3 Å². The molecule has 3 aliphatic rings. The number of para-hydroxylation sites is 2. The van der Waals surface area contributed by atoms with E-state index in [0.717, 1.165) is 0 Å². The van der Waals surface area contributed by atoms with Gasteiger partial charge in [-0.05, 0) is 42.5 Å². The Hall–Kier alpha value is -2.60. The van der Waals surface area contributed by atoms with Crippen LogP contribution in [0.4, 0.5) is 0 Å². The van der Waals surface area contributed by atoms with Crippen molar-refractivity contribution in [3.05, 3.63) is 53.6 Å². The van der Waals surface area contributed by atoms with E-state index in [-0.39, 0.29) is 18.6 Å². The number of benzene rings is 1. The summed E-state index contributed by atoms with van der Waals surface area (Å²) in [5.41, 5.74) is 2.33. The Labute approximate surface area is 190 Å². The molecule has 3 aliphatic heterocycles. The lowest BCUT2D eigenvalue weighted by Gasteiger charge is -2.35. The van der Waals surface area contributed by atoms with Crippen molar-refractivity contribution in [2.75, 3.05) is 26.2 Å². The molecule has 11 heteroatoms. The summed E-state index contributed by atoms with van der Waals surface area (Å²) >= 11 is 1.21. The van der Waals surface area contributed by atoms with Gasteiger partial charge in [0.1, 0.15) is 28.2 Å². The summed E-state index contributed by atoms with van der Waals surface area (Å²) in [5, 5.41) is 4.59. The van der Waals surface area contributed by atoms with E-state index in [1.165, 1.54) is 15.6 Å². The van der Waals surface area contributed by atoms with E-state index in [2.05, 4.69) is 10.8 Å². The number of carbonyl (C=O) groups is 1. The van der Waals surface area contributed by atoms with Gasteiger partial charge in [0, 0.05) is 13.1 Å². The molecule has 4 heterocycles. The number of carbonyl (C=O) groups excluding carboxylic acids is 1. The van der Waals surface area contributed by atoms with Gasteiger partial charge in [-0.25, -0.2) is 8.42 Å². The van der Waals surface area contributed by atoms with Gasteiger partial charge >= 0.3 is 0 Å². The number of hydrogen-bond donors (Lipinski definition) is 2. The van der Waals surface area contributed by atoms with E-state index in [1.54, 1.807) is 23.6 Å². The second kappa shape index (κ2) is 8.39. The standard InChI is InChI=1S/C21H23N3O6S2/c25-20(22-13-15-14-28-17-4-1-2-5-18(17)29-15)16-12-21(30-23-16)7-9-24(10-8-21)32(26,27)19-6-3-11-31-19/h1-6,11-12,15,23H,7-10,13-14H2,(H,22,25). The zero-order valence-electron chi connectivity index (χ0n) is 17.2. The number of ether oxygens (including phenoxy) is 2. The molecular weight excluding hydrogens is 454 g/mol. The van der Waals surface area contributed by atoms with E-state index in [9.17, 15) is 13.2 Å². The normalized spacial score (nSPS) is 22.2. The number of fused-ring (bicyclic) bond motifs is 1. The fraction of sp³-hybridized carbons (Fsp3) is 0.381. The van der Waals surface area contributed by atoms with Crippen LogP contribution in [0.1, 0.15) is 12.8 Å². The van der Waals surface area contributed by atoms with Crippen LogP contribution in [0.3, 0.4) is 0 Å². The quantitative estimate of drug-likeness (QED) is 0.674. The average molecular weight is 478 g/mol. The fourth-order valence-electron chi connectivity index (χ4n) is 3.94. The van der Waals surface area contributed by atoms with Gasteiger partial charge in [0.15, 0.2) is 11.5 Å². The molecule has 1 atom stereocenters. The average Bonchev–Trinajstić information content (AvgIpc) is 3.49. The lowest BCUT2D eigenvalue weighted by atomic mass is 9.92. The highest BCUT2D eigenvalue weighted by Crippen LogP contribution is 2.35. The monoisotopic (exact) mass is 477 g/mol. The summed E-state index contributed by atoms with van der Waals surface area (Å²) in [6, 6.07) is 10.7. The number of nitrogens with one attached hydrogen (secondary N) is 2. The van der Waals surface area contributed by atoms with Crippen molar-refractivity contribution in [1.29, 1.82) is 0 Å². The van der Waals surface area contributed by atoms with Crippen LogP contribution in [0.2, 0.25) is 0 Å². The van der Waals surface area contributed by atoms with Gasteiger partial charge in [-0.1, -0.05) is 18.2 Å². The predicted molar refractivity (Wildman–Crippen MR) is 117 cm³/mol. The lowest BCUT2D eigenvalue weighted by Crippen LogP contribution is -2.46. The molecule has 0 saturated carbocycles. The van der Waals surface area contributed by atoms with Crippen molar-refractivity contribution in [3.8, 4) is 11.5 Å². The number of hydrogen-bond acceptors (Lipinski definition) is 8. The zero-order chi connectivity index (χ0) is 22.2. The molecule has 0 bridgehead atoms. The molecule has 1 spiro atoms. The van der Waals surface area contributed by atoms with Gasteiger partial charge < -0.3 is 14.8 Å². The van der Waals surface area contributed by atoms with Crippen molar-refractivity contribution in [2.45, 2.75) is 28.8 Å². The molecule has 1 aromatic carbocycles. The third-order valence-corrected chi connectivity index (χ3v) is 9.00. The molecule has 0 aliphatic carbocycles. The number of amides is 1. The summed E-state index contributed by atoms with van der Waals surface area (Å²) in [7, 11) is -3.49. The Bertz CT molecular complexity index is 1120. The molecule has 2 aromatic rings. The van der Waals surface area contributed by atoms with Gasteiger partial charge in [0.2, 0.25) is 0 Å². The third kappa shape index (κ3) is 4.08. The molecule has 5 rings (SSSR count). The molecule has 9 nitrogen and oxygen atoms in total. The highest BCUT2D eigenvalue weighted by atomic mass is 32.2. The van der Waals surface area contributed by atoms with E-state index < -0.39 is 15.6 Å². The molecule has 2 N–H and O–H groups in total. The van der Waals surface area contributed by atoms with E-state index in [1.807, 2.05) is 24.3 Å². The molecular formula is C21H23N3O6S2. The Kier molecular flexibility index (Phi) is 5.58. The van der Waals surface area contributed by atoms with Gasteiger partial charge in [-0.3, -0.25) is 15.1 Å². The molecule has 170 valence electrons. The first kappa shape index (κ1) is 21.3. The molecule has 1 aromatic heterocycles. The number of hydroxylamine groups is 1. The minimum atomic E-state index is -3.49. The van der Waals surface area contributed by atoms with Crippen LogP contribution in [-0.2, 0) is 19.7 Å². The van der Waals surface area contributed by atoms with Gasteiger partial charge in [-0.2, -0.15) is 4.31 Å². The van der Waals surface area contributed by atoms with Crippen LogP contribution in [0.5, 0.6) is 11.5 Å². The number of sulfonamides is 1. The minimum absolute atomic E-state index is 0.284. The van der Waals surface area contributed by atoms with Gasteiger partial charge in [-0.15, -0.1) is 11.3 Å². The summed E-state index contributed by atoms with van der Waals surface area (Å²) in [6.45, 7) is 1.27. The van der Waals surface area contributed by atoms with Crippen molar-refractivity contribution in [1.82, 2.24) is 15.1 Å². The van der Waals surface area contributed by atoms with Crippen LogP contribution in [0, 0.1) is 0 Å². The number of nitrogens with zero attached hydrogens (tertiary/aromatic N) is 1. The number of thiophene rings is 1. The van der Waals surface area contributed by atoms with Crippen LogP contribution in [0.25, 0.3) is 0 Å². The summed E-state index contributed by atoms with van der Waals surface area (Å²) in [4.78, 5) is 18.3. The van der Waals surface area contributed by atoms with Crippen LogP contribution in [-0.4, -0.2) is 56.6 Å². The minimum Gasteiger partial charge on any atom is -0.486 e. The molecule has 1 amide bonds. The third-order valence-electron chi connectivity index (χ3n) is 5.73. The number of piperidine rings is 1. The maximum atomic E-state index is 12.7. The maximum Gasteiger partial charge on any atom is 0.269 e. The first-order chi connectivity index (χ1) is 15.5. The Morgan fingerprint density at radius 2 is 1.97 bits per heavy atom. The second-order valence-corrected chi connectivity index (χ2v) is 11.0. The van der Waals surface area contributed by atoms with Crippen molar-refractivity contribution >= 4 is 27.3 Å². The molecule has 0 radical (unpaired) electrons. The summed E-state index contributed by atoms with van der Waals surface area (Å²) in [6.07, 6.45) is 2.37. The second-order valence-electron chi connectivity index (χ2n) is 7.87. The smallest absolute Gasteiger partial charge is 0.269 e. The van der Waals surface area contributed by atoms with Gasteiger partial charge in [0.05, 0.1) is 6.54 Å². The highest BCUT2D eigenvalue weighted by Gasteiger charge is 2.43. The first-order valence-electron chi connectivity index (χ1n) is 10.3. The molecule has 1 saturated heterocycles. The number of rotatable bonds is 5. The Balaban J connectivity index is 1.16. The summed E-state index contributed by atoms with van der Waals surface area (Å²) in [5.74, 6) is 1.04. The summed E-state index contributed by atoms with van der Waals surface area (Å²) < 4.78 is 38.8. The Morgan fingerprint density at radius 3 is 2.72 bits per heavy atom. The van der Waals surface area contributed by atoms with E-state index in [4.69, 9.17) is 14.3 Å². The predicted octanol–water partition coefficient (Wildman–Crippen LogP) is 1.65. The zero-order valence-corrected chi connectivity index (χ0v) is 18.8. The van der Waals surface area contributed by atoms with E-state index >= 15 is 0 Å². The molecule has 32 heavy (non-hydrogen) atoms. The topological polar surface area (TPSA) is 106 Å². The largest absolute Gasteiger partial charge is 0.486 e. The van der Waals surface area contributed by atoms with Crippen LogP contribution >= 0.6 is 11.3 Å². The van der Waals surface area contributed by atoms with Crippen molar-refractivity contribution < 1.29 is 27.5 Å². The molecule has 1 fully saturated rings. The van der Waals surface area contributed by atoms with Gasteiger partial charge in [0.25, 0.3) is 15.9 Å². The first-order valence-corrected chi connectivity index (χ1v) is 12.6. The van der Waals surface area contributed by atoms with E-state index in [0.29, 0.717) is 53.9 Å².